The molecule has 124 valence electrons. The first-order valence-electron chi connectivity index (χ1n) is 7.20. The summed E-state index contributed by atoms with van der Waals surface area (Å²) in [6.07, 6.45) is 1.31. The molecule has 1 aromatic carbocycles. The van der Waals surface area contributed by atoms with Gasteiger partial charge in [0.25, 0.3) is 5.69 Å². The van der Waals surface area contributed by atoms with Crippen LogP contribution in [0.15, 0.2) is 12.1 Å². The molecule has 8 nitrogen and oxygen atoms in total. The number of piperidine rings is 1. The Balaban J connectivity index is 2.44. The van der Waals surface area contributed by atoms with Gasteiger partial charge in [-0.2, -0.15) is 0 Å². The Kier molecular flexibility index (Phi) is 4.83. The number of aryl methyl sites for hydroxylation is 1. The predicted octanol–water partition coefficient (Wildman–Crippen LogP) is 1.99. The number of carbonyl (C=O) groups excluding carboxylic acids is 1. The van der Waals surface area contributed by atoms with Crippen molar-refractivity contribution in [2.24, 2.45) is 5.92 Å². The zero-order valence-corrected chi connectivity index (χ0v) is 12.9. The number of ether oxygens (including phenoxy) is 1. The summed E-state index contributed by atoms with van der Waals surface area (Å²) in [5.41, 5.74) is 0.530. The van der Waals surface area contributed by atoms with Crippen LogP contribution in [0.3, 0.4) is 0 Å². The second-order valence-corrected chi connectivity index (χ2v) is 5.53. The van der Waals surface area contributed by atoms with Crippen molar-refractivity contribution in [3.8, 4) is 0 Å². The smallest absolute Gasteiger partial charge is 0.344 e. The van der Waals surface area contributed by atoms with Crippen molar-refractivity contribution < 1.29 is 24.4 Å². The number of carbonyl (C=O) groups is 2. The van der Waals surface area contributed by atoms with Crippen molar-refractivity contribution in [3.05, 3.63) is 33.4 Å². The molecule has 23 heavy (non-hydrogen) atoms. The van der Waals surface area contributed by atoms with Crippen LogP contribution in [0.4, 0.5) is 11.4 Å². The fraction of sp³-hybridized carbons (Fsp3) is 0.467. The lowest BCUT2D eigenvalue weighted by Crippen LogP contribution is -2.38. The van der Waals surface area contributed by atoms with Gasteiger partial charge in [0.2, 0.25) is 0 Å². The minimum absolute atomic E-state index is 0.120. The van der Waals surface area contributed by atoms with Crippen molar-refractivity contribution >= 4 is 23.3 Å². The second-order valence-electron chi connectivity index (χ2n) is 5.53. The van der Waals surface area contributed by atoms with Crippen LogP contribution >= 0.6 is 0 Å². The second kappa shape index (κ2) is 6.64. The average molecular weight is 322 g/mol. The number of carboxylic acids is 1. The third-order valence-electron chi connectivity index (χ3n) is 4.01. The van der Waals surface area contributed by atoms with E-state index < -0.39 is 22.8 Å². The van der Waals surface area contributed by atoms with Crippen LogP contribution < -0.4 is 4.90 Å². The van der Waals surface area contributed by atoms with Crippen LogP contribution in [0.5, 0.6) is 0 Å². The number of benzene rings is 1. The molecule has 1 N–H and O–H groups in total. The molecule has 0 spiro atoms. The number of hydrogen-bond donors (Lipinski definition) is 1. The third-order valence-corrected chi connectivity index (χ3v) is 4.01. The van der Waals surface area contributed by atoms with Gasteiger partial charge in [-0.15, -0.1) is 0 Å². The monoisotopic (exact) mass is 322 g/mol. The first kappa shape index (κ1) is 16.7. The molecule has 1 aliphatic rings. The Morgan fingerprint density at radius 3 is 2.70 bits per heavy atom. The van der Waals surface area contributed by atoms with Crippen molar-refractivity contribution in [1.29, 1.82) is 0 Å². The number of nitro benzene ring substituents is 1. The molecule has 1 atom stereocenters. The normalized spacial score (nSPS) is 17.7. The number of esters is 1. The number of carboxylic acid groups (broad SMARTS) is 1. The quantitative estimate of drug-likeness (QED) is 0.512. The standard InChI is InChI=1S/C15H18N2O6/c1-9-6-11(16-5-3-4-10(8-16)14(18)19)7-12(15(20)23-2)13(9)17(21)22/h6-7,10H,3-5,8H2,1-2H3,(H,18,19). The van der Waals surface area contributed by atoms with E-state index >= 15 is 0 Å². The molecular weight excluding hydrogens is 304 g/mol. The molecule has 1 fully saturated rings. The van der Waals surface area contributed by atoms with Gasteiger partial charge in [0.15, 0.2) is 0 Å². The molecule has 1 aliphatic heterocycles. The van der Waals surface area contributed by atoms with Gasteiger partial charge in [-0.05, 0) is 31.9 Å². The highest BCUT2D eigenvalue weighted by Gasteiger charge is 2.29. The molecule has 0 radical (unpaired) electrons. The Morgan fingerprint density at radius 2 is 2.13 bits per heavy atom. The molecule has 2 rings (SSSR count). The van der Waals surface area contributed by atoms with Crippen LogP contribution in [0.2, 0.25) is 0 Å². The number of methoxy groups -OCH3 is 1. The number of rotatable bonds is 4. The summed E-state index contributed by atoms with van der Waals surface area (Å²) in [7, 11) is 1.16. The van der Waals surface area contributed by atoms with E-state index in [0.29, 0.717) is 37.2 Å². The van der Waals surface area contributed by atoms with Gasteiger partial charge in [-0.1, -0.05) is 0 Å². The molecule has 1 saturated heterocycles. The molecule has 0 saturated carbocycles. The molecule has 0 aliphatic carbocycles. The largest absolute Gasteiger partial charge is 0.481 e. The number of aliphatic carboxylic acids is 1. The van der Waals surface area contributed by atoms with Crippen LogP contribution in [0, 0.1) is 23.0 Å². The van der Waals surface area contributed by atoms with Crippen LogP contribution in [-0.4, -0.2) is 42.2 Å². The lowest BCUT2D eigenvalue weighted by molar-refractivity contribution is -0.385. The van der Waals surface area contributed by atoms with E-state index in [0.717, 1.165) is 7.11 Å². The van der Waals surface area contributed by atoms with Gasteiger partial charge in [0.1, 0.15) is 5.56 Å². The maximum Gasteiger partial charge on any atom is 0.344 e. The number of nitro groups is 1. The molecular formula is C15H18N2O6. The van der Waals surface area contributed by atoms with Crippen LogP contribution in [-0.2, 0) is 9.53 Å². The molecule has 0 aromatic heterocycles. The van der Waals surface area contributed by atoms with E-state index in [1.54, 1.807) is 13.0 Å². The van der Waals surface area contributed by atoms with Crippen molar-refractivity contribution in [2.45, 2.75) is 19.8 Å². The summed E-state index contributed by atoms with van der Waals surface area (Å²) in [5, 5.41) is 20.4. The van der Waals surface area contributed by atoms with Gasteiger partial charge in [0.05, 0.1) is 18.0 Å². The van der Waals surface area contributed by atoms with Gasteiger partial charge >= 0.3 is 11.9 Å². The van der Waals surface area contributed by atoms with E-state index in [2.05, 4.69) is 4.74 Å². The number of anilines is 1. The Bertz CT molecular complexity index is 658. The maximum absolute atomic E-state index is 11.9. The zero-order chi connectivity index (χ0) is 17.1. The number of nitrogens with zero attached hydrogens (tertiary/aromatic N) is 2. The summed E-state index contributed by atoms with van der Waals surface area (Å²) < 4.78 is 4.63. The van der Waals surface area contributed by atoms with Crippen LogP contribution in [0.25, 0.3) is 0 Å². The Hall–Kier alpha value is -2.64. The molecule has 0 amide bonds. The van der Waals surface area contributed by atoms with E-state index in [9.17, 15) is 19.7 Å². The van der Waals surface area contributed by atoms with Gasteiger partial charge in [-0.3, -0.25) is 14.9 Å². The zero-order valence-electron chi connectivity index (χ0n) is 12.9. The van der Waals surface area contributed by atoms with E-state index in [1.807, 2.05) is 4.90 Å². The minimum Gasteiger partial charge on any atom is -0.481 e. The highest BCUT2D eigenvalue weighted by molar-refractivity contribution is 5.96. The summed E-state index contributed by atoms with van der Waals surface area (Å²) in [4.78, 5) is 35.5. The lowest BCUT2D eigenvalue weighted by atomic mass is 9.97. The van der Waals surface area contributed by atoms with Crippen molar-refractivity contribution in [2.75, 3.05) is 25.1 Å². The third kappa shape index (κ3) is 3.41. The summed E-state index contributed by atoms with van der Waals surface area (Å²) >= 11 is 0. The average Bonchev–Trinajstić information content (AvgIpc) is 2.52. The van der Waals surface area contributed by atoms with Crippen molar-refractivity contribution in [3.63, 3.8) is 0 Å². The summed E-state index contributed by atoms with van der Waals surface area (Å²) in [6, 6.07) is 3.01. The first-order chi connectivity index (χ1) is 10.8. The minimum atomic E-state index is -0.860. The SMILES string of the molecule is COC(=O)c1cc(N2CCCC(C(=O)O)C2)cc(C)c1[N+](=O)[O-]. The molecule has 1 unspecified atom stereocenters. The molecule has 8 heteroatoms. The Morgan fingerprint density at radius 1 is 1.43 bits per heavy atom. The number of hydrogen-bond acceptors (Lipinski definition) is 6. The van der Waals surface area contributed by atoms with Gasteiger partial charge in [-0.25, -0.2) is 4.79 Å². The van der Waals surface area contributed by atoms with E-state index in [-0.39, 0.29) is 11.3 Å². The molecule has 1 heterocycles. The molecule has 1 aromatic rings. The van der Waals surface area contributed by atoms with E-state index in [1.165, 1.54) is 6.07 Å². The fourth-order valence-corrected chi connectivity index (χ4v) is 2.86. The fourth-order valence-electron chi connectivity index (χ4n) is 2.86. The highest BCUT2D eigenvalue weighted by atomic mass is 16.6. The highest BCUT2D eigenvalue weighted by Crippen LogP contribution is 2.32. The summed E-state index contributed by atoms with van der Waals surface area (Å²) in [6.45, 7) is 2.50. The van der Waals surface area contributed by atoms with Gasteiger partial charge < -0.3 is 14.7 Å². The lowest BCUT2D eigenvalue weighted by Gasteiger charge is -2.32. The van der Waals surface area contributed by atoms with Crippen LogP contribution in [0.1, 0.15) is 28.8 Å². The first-order valence-corrected chi connectivity index (χ1v) is 7.20. The van der Waals surface area contributed by atoms with Gasteiger partial charge in [0, 0.05) is 24.3 Å². The summed E-state index contributed by atoms with van der Waals surface area (Å²) in [5.74, 6) is -2.13. The Labute approximate surface area is 132 Å². The topological polar surface area (TPSA) is 110 Å². The predicted molar refractivity (Wildman–Crippen MR) is 81.7 cm³/mol. The van der Waals surface area contributed by atoms with Crippen molar-refractivity contribution in [1.82, 2.24) is 0 Å². The molecule has 0 bridgehead atoms. The van der Waals surface area contributed by atoms with E-state index in [4.69, 9.17) is 5.11 Å². The maximum atomic E-state index is 11.9.